The monoisotopic (exact) mass is 568 g/mol. The van der Waals surface area contributed by atoms with Gasteiger partial charge in [-0.1, -0.05) is 37.6 Å². The number of anilines is 1. The predicted molar refractivity (Wildman–Crippen MR) is 154 cm³/mol. The van der Waals surface area contributed by atoms with Crippen LogP contribution in [0.25, 0.3) is 11.2 Å². The van der Waals surface area contributed by atoms with E-state index < -0.39 is 0 Å². The van der Waals surface area contributed by atoms with Crippen LogP contribution in [0.15, 0.2) is 29.1 Å². The van der Waals surface area contributed by atoms with Gasteiger partial charge in [0, 0.05) is 38.8 Å². The maximum Gasteiger partial charge on any atom is 0.327 e. The Morgan fingerprint density at radius 3 is 2.61 bits per heavy atom. The molecule has 1 aromatic carbocycles. The highest BCUT2D eigenvalue weighted by Crippen LogP contribution is 2.18. The van der Waals surface area contributed by atoms with E-state index in [1.54, 1.807) is 4.90 Å². The third kappa shape index (κ3) is 8.04. The summed E-state index contributed by atoms with van der Waals surface area (Å²) in [6, 6.07) is 7.77. The summed E-state index contributed by atoms with van der Waals surface area (Å²) in [5.74, 6) is -0.173. The number of H-pyrrole nitrogens is 1. The van der Waals surface area contributed by atoms with E-state index >= 15 is 0 Å². The smallest absolute Gasteiger partial charge is 0.327 e. The first kappa shape index (κ1) is 30.0. The molecule has 5 N–H and O–H groups in total. The van der Waals surface area contributed by atoms with E-state index in [2.05, 4.69) is 26.8 Å². The lowest BCUT2D eigenvalue weighted by atomic mass is 10.1. The van der Waals surface area contributed by atoms with Gasteiger partial charge in [-0.3, -0.25) is 19.1 Å². The number of aromatic amines is 1. The Balaban J connectivity index is 1.47. The number of aromatic nitrogens is 4. The molecule has 222 valence electrons. The van der Waals surface area contributed by atoms with Crippen LogP contribution in [-0.4, -0.2) is 87.1 Å². The summed E-state index contributed by atoms with van der Waals surface area (Å²) in [5.41, 5.74) is 14.3. The van der Waals surface area contributed by atoms with Crippen molar-refractivity contribution in [2.45, 2.75) is 58.2 Å². The van der Waals surface area contributed by atoms with Gasteiger partial charge in [-0.25, -0.2) is 4.79 Å². The van der Waals surface area contributed by atoms with Crippen molar-refractivity contribution in [2.24, 2.45) is 5.73 Å². The van der Waals surface area contributed by atoms with Gasteiger partial charge in [0.25, 0.3) is 0 Å². The number of benzene rings is 1. The van der Waals surface area contributed by atoms with Crippen molar-refractivity contribution in [3.05, 3.63) is 45.9 Å². The number of likely N-dealkylation sites (tertiary alicyclic amines) is 1. The Hall–Kier alpha value is -3.97. The van der Waals surface area contributed by atoms with Crippen molar-refractivity contribution in [3.63, 3.8) is 0 Å². The van der Waals surface area contributed by atoms with E-state index in [1.165, 1.54) is 11.7 Å². The van der Waals surface area contributed by atoms with Crippen molar-refractivity contribution < 1.29 is 19.1 Å². The largest absolute Gasteiger partial charge is 0.469 e. The number of rotatable bonds is 14. The van der Waals surface area contributed by atoms with Gasteiger partial charge in [-0.2, -0.15) is 9.97 Å². The number of ether oxygens (including phenoxy) is 2. The molecule has 2 aromatic heterocycles. The van der Waals surface area contributed by atoms with Crippen LogP contribution in [0.1, 0.15) is 43.7 Å². The van der Waals surface area contributed by atoms with Crippen LogP contribution in [0.2, 0.25) is 0 Å². The fraction of sp³-hybridized carbons (Fsp3) is 0.536. The lowest BCUT2D eigenvalue weighted by Gasteiger charge is -2.26. The van der Waals surface area contributed by atoms with E-state index in [1.807, 2.05) is 24.3 Å². The Kier molecular flexibility index (Phi) is 10.3. The average Bonchev–Trinajstić information content (AvgIpc) is 3.51. The van der Waals surface area contributed by atoms with Gasteiger partial charge in [0.2, 0.25) is 5.91 Å². The number of unbranched alkanes of at least 4 members (excludes halogenated alkanes) is 1. The number of imidazole rings is 1. The third-order valence-corrected chi connectivity index (χ3v) is 7.16. The minimum atomic E-state index is -0.350. The van der Waals surface area contributed by atoms with Crippen molar-refractivity contribution in [2.75, 3.05) is 45.6 Å². The summed E-state index contributed by atoms with van der Waals surface area (Å²) in [4.78, 5) is 53.0. The van der Waals surface area contributed by atoms with E-state index in [9.17, 15) is 14.4 Å². The van der Waals surface area contributed by atoms with Crippen molar-refractivity contribution in [3.8, 4) is 6.01 Å². The summed E-state index contributed by atoms with van der Waals surface area (Å²) in [5, 5.41) is 0. The van der Waals surface area contributed by atoms with Crippen LogP contribution in [0.5, 0.6) is 6.01 Å². The Labute approximate surface area is 238 Å². The molecule has 1 saturated heterocycles. The molecule has 0 bridgehead atoms. The molecule has 1 atom stereocenters. The Morgan fingerprint density at radius 1 is 1.17 bits per heavy atom. The van der Waals surface area contributed by atoms with Crippen molar-refractivity contribution >= 4 is 28.9 Å². The highest BCUT2D eigenvalue weighted by molar-refractivity contribution is 5.82. The van der Waals surface area contributed by atoms with Gasteiger partial charge in [-0.05, 0) is 30.4 Å². The van der Waals surface area contributed by atoms with Gasteiger partial charge in [-0.15, -0.1) is 0 Å². The molecule has 0 spiro atoms. The lowest BCUT2D eigenvalue weighted by molar-refractivity contribution is -0.139. The number of amides is 1. The maximum atomic E-state index is 13.4. The average molecular weight is 569 g/mol. The molecule has 4 rings (SSSR count). The molecule has 3 heterocycles. The number of carbonyl (C=O) groups is 2. The molecule has 13 nitrogen and oxygen atoms in total. The number of nitrogen functional groups attached to an aromatic ring is 1. The van der Waals surface area contributed by atoms with Crippen LogP contribution in [0.4, 0.5) is 5.82 Å². The molecule has 0 saturated carbocycles. The number of nitrogens with one attached hydrogen (secondary N) is 1. The van der Waals surface area contributed by atoms with Crippen LogP contribution < -0.4 is 21.9 Å². The number of carbonyl (C=O) groups excluding carboxylic acids is 2. The number of hydrogen-bond donors (Lipinski definition) is 3. The second-order valence-corrected chi connectivity index (χ2v) is 10.4. The van der Waals surface area contributed by atoms with Crippen molar-refractivity contribution in [1.29, 1.82) is 0 Å². The summed E-state index contributed by atoms with van der Waals surface area (Å²) >= 11 is 0. The Bertz CT molecular complexity index is 1390. The molecule has 0 unspecified atom stereocenters. The SMILES string of the molecule is CCCCOc1nc(N)c2[nH]c(=O)n(CCCN(Cc3ccc(CC(=O)OC)cc3)C(=O)CN3CC[C@@H](N)C3)c2n1. The number of esters is 1. The molecule has 3 aromatic rings. The molecule has 1 aliphatic heterocycles. The molecule has 41 heavy (non-hydrogen) atoms. The number of nitrogens with zero attached hydrogens (tertiary/aromatic N) is 5. The molecule has 0 radical (unpaired) electrons. The first-order valence-electron chi connectivity index (χ1n) is 14.1. The lowest BCUT2D eigenvalue weighted by Crippen LogP contribution is -2.40. The molecular formula is C28H40N8O5. The minimum Gasteiger partial charge on any atom is -0.469 e. The third-order valence-electron chi connectivity index (χ3n) is 7.16. The number of aryl methyl sites for hydroxylation is 1. The van der Waals surface area contributed by atoms with E-state index in [0.717, 1.165) is 36.9 Å². The standard InChI is InChI=1S/C28H40N8O5/c1-3-4-14-41-27-32-25(30)24-26(33-27)36(28(39)31-24)12-5-11-35(22(37)18-34-13-10-21(29)17-34)16-20-8-6-19(7-9-20)15-23(38)40-2/h6-9,21H,3-5,10-18,29H2,1-2H3,(H,31,39)(H2,30,32,33)/t21-/m1/s1. The zero-order chi connectivity index (χ0) is 29.4. The summed E-state index contributed by atoms with van der Waals surface area (Å²) in [6.07, 6.45) is 3.38. The van der Waals surface area contributed by atoms with Gasteiger partial charge in [0.1, 0.15) is 5.52 Å². The molecule has 0 aliphatic carbocycles. The van der Waals surface area contributed by atoms with Gasteiger partial charge in [0.15, 0.2) is 11.5 Å². The first-order valence-corrected chi connectivity index (χ1v) is 14.1. The molecule has 1 fully saturated rings. The normalized spacial score (nSPS) is 15.3. The second kappa shape index (κ2) is 14.1. The highest BCUT2D eigenvalue weighted by atomic mass is 16.5. The van der Waals surface area contributed by atoms with Crippen LogP contribution >= 0.6 is 0 Å². The molecule has 1 aliphatic rings. The second-order valence-electron chi connectivity index (χ2n) is 10.4. The summed E-state index contributed by atoms with van der Waals surface area (Å²) in [6.45, 7) is 5.41. The molecule has 1 amide bonds. The number of methoxy groups -OCH3 is 1. The minimum absolute atomic E-state index is 0.0119. The van der Waals surface area contributed by atoms with Gasteiger partial charge < -0.3 is 30.8 Å². The number of nitrogens with two attached hydrogens (primary N) is 2. The topological polar surface area (TPSA) is 175 Å². The fourth-order valence-electron chi connectivity index (χ4n) is 4.84. The van der Waals surface area contributed by atoms with Crippen LogP contribution in [-0.2, 0) is 33.8 Å². The Morgan fingerprint density at radius 2 is 1.93 bits per heavy atom. The zero-order valence-corrected chi connectivity index (χ0v) is 23.8. The van der Waals surface area contributed by atoms with Crippen LogP contribution in [0, 0.1) is 0 Å². The molecular weight excluding hydrogens is 528 g/mol. The zero-order valence-electron chi connectivity index (χ0n) is 23.8. The molecule has 13 heteroatoms. The summed E-state index contributed by atoms with van der Waals surface area (Å²) < 4.78 is 11.9. The summed E-state index contributed by atoms with van der Waals surface area (Å²) in [7, 11) is 1.36. The predicted octanol–water partition coefficient (Wildman–Crippen LogP) is 1.05. The van der Waals surface area contributed by atoms with E-state index in [-0.39, 0.29) is 48.4 Å². The van der Waals surface area contributed by atoms with Crippen LogP contribution in [0.3, 0.4) is 0 Å². The number of fused-ring (bicyclic) bond motifs is 1. The van der Waals surface area contributed by atoms with E-state index in [4.69, 9.17) is 20.9 Å². The fourth-order valence-corrected chi connectivity index (χ4v) is 4.84. The highest BCUT2D eigenvalue weighted by Gasteiger charge is 2.24. The van der Waals surface area contributed by atoms with Crippen molar-refractivity contribution in [1.82, 2.24) is 29.3 Å². The van der Waals surface area contributed by atoms with Gasteiger partial charge in [0.05, 0.1) is 26.7 Å². The van der Waals surface area contributed by atoms with Gasteiger partial charge >= 0.3 is 17.7 Å². The number of hydrogen-bond acceptors (Lipinski definition) is 10. The first-order chi connectivity index (χ1) is 19.8. The quantitative estimate of drug-likeness (QED) is 0.188. The maximum absolute atomic E-state index is 13.4. The van der Waals surface area contributed by atoms with E-state index in [0.29, 0.717) is 50.4 Å².